The van der Waals surface area contributed by atoms with Crippen LogP contribution in [0.15, 0.2) is 22.7 Å². The lowest BCUT2D eigenvalue weighted by molar-refractivity contribution is -0.0503. The molecule has 0 aromatic heterocycles. The average molecular weight is 300 g/mol. The molecule has 0 aliphatic rings. The van der Waals surface area contributed by atoms with Gasteiger partial charge in [0.05, 0.1) is 4.47 Å². The minimum Gasteiger partial charge on any atom is -0.434 e. The van der Waals surface area contributed by atoms with Crippen molar-refractivity contribution in [2.75, 3.05) is 5.88 Å². The van der Waals surface area contributed by atoms with E-state index >= 15 is 0 Å². The summed E-state index contributed by atoms with van der Waals surface area (Å²) in [6, 6.07) is 5.05. The van der Waals surface area contributed by atoms with Gasteiger partial charge in [0.1, 0.15) is 5.75 Å². The van der Waals surface area contributed by atoms with E-state index < -0.39 is 6.61 Å². The number of alkyl halides is 3. The first-order chi connectivity index (χ1) is 7.13. The molecule has 1 nitrogen and oxygen atoms in total. The van der Waals surface area contributed by atoms with E-state index in [1.165, 1.54) is 6.07 Å². The van der Waals surface area contributed by atoms with Crippen molar-refractivity contribution in [3.63, 3.8) is 0 Å². The van der Waals surface area contributed by atoms with Gasteiger partial charge in [0.2, 0.25) is 0 Å². The molecule has 5 heteroatoms. The van der Waals surface area contributed by atoms with Crippen molar-refractivity contribution in [1.29, 1.82) is 0 Å². The predicted molar refractivity (Wildman–Crippen MR) is 59.8 cm³/mol. The van der Waals surface area contributed by atoms with Gasteiger partial charge in [-0.05, 0) is 46.5 Å². The van der Waals surface area contributed by atoms with Gasteiger partial charge in [-0.15, -0.1) is 11.6 Å². The summed E-state index contributed by atoms with van der Waals surface area (Å²) >= 11 is 8.73. The normalized spacial score (nSPS) is 10.7. The minimum absolute atomic E-state index is 0.152. The van der Waals surface area contributed by atoms with Gasteiger partial charge < -0.3 is 4.74 Å². The van der Waals surface area contributed by atoms with Gasteiger partial charge in [0.25, 0.3) is 0 Å². The van der Waals surface area contributed by atoms with Crippen molar-refractivity contribution < 1.29 is 13.5 Å². The van der Waals surface area contributed by atoms with Crippen LogP contribution in [0.5, 0.6) is 5.75 Å². The van der Waals surface area contributed by atoms with Gasteiger partial charge in [-0.3, -0.25) is 0 Å². The maximum atomic E-state index is 11.9. The van der Waals surface area contributed by atoms with Crippen LogP contribution in [-0.2, 0) is 6.42 Å². The Hall–Kier alpha value is -0.350. The smallest absolute Gasteiger partial charge is 0.387 e. The Morgan fingerprint density at radius 1 is 1.40 bits per heavy atom. The quantitative estimate of drug-likeness (QED) is 0.740. The van der Waals surface area contributed by atoms with Crippen LogP contribution >= 0.6 is 27.5 Å². The summed E-state index contributed by atoms with van der Waals surface area (Å²) in [5.74, 6) is 0.743. The highest BCUT2D eigenvalue weighted by molar-refractivity contribution is 9.10. The molecule has 1 rings (SSSR count). The summed E-state index contributed by atoms with van der Waals surface area (Å²) in [5, 5.41) is 0. The standard InChI is InChI=1S/C10H10BrClF2O/c11-8-6-7(2-1-5-12)3-4-9(8)15-10(13)14/h3-4,6,10H,1-2,5H2. The summed E-state index contributed by atoms with van der Waals surface area (Å²) < 4.78 is 28.7. The van der Waals surface area contributed by atoms with Gasteiger partial charge in [-0.25, -0.2) is 0 Å². The van der Waals surface area contributed by atoms with Crippen LogP contribution in [0.4, 0.5) is 8.78 Å². The van der Waals surface area contributed by atoms with Crippen molar-refractivity contribution >= 4 is 27.5 Å². The fourth-order valence-corrected chi connectivity index (χ4v) is 1.82. The molecule has 84 valence electrons. The fraction of sp³-hybridized carbons (Fsp3) is 0.400. The zero-order valence-corrected chi connectivity index (χ0v) is 10.2. The molecule has 0 aliphatic heterocycles. The number of hydrogen-bond donors (Lipinski definition) is 0. The molecule has 15 heavy (non-hydrogen) atoms. The van der Waals surface area contributed by atoms with E-state index in [-0.39, 0.29) is 5.75 Å². The van der Waals surface area contributed by atoms with Crippen LogP contribution in [0.1, 0.15) is 12.0 Å². The average Bonchev–Trinajstić information content (AvgIpc) is 2.18. The van der Waals surface area contributed by atoms with Crippen molar-refractivity contribution in [3.8, 4) is 5.75 Å². The van der Waals surface area contributed by atoms with E-state index in [2.05, 4.69) is 20.7 Å². The number of ether oxygens (including phenoxy) is 1. The second-order valence-electron chi connectivity index (χ2n) is 2.94. The zero-order chi connectivity index (χ0) is 11.3. The third-order valence-corrected chi connectivity index (χ3v) is 2.70. The summed E-state index contributed by atoms with van der Waals surface area (Å²) in [6.07, 6.45) is 1.69. The van der Waals surface area contributed by atoms with Gasteiger partial charge in [0.15, 0.2) is 0 Å². The van der Waals surface area contributed by atoms with Gasteiger partial charge in [-0.2, -0.15) is 8.78 Å². The fourth-order valence-electron chi connectivity index (χ4n) is 1.16. The van der Waals surface area contributed by atoms with Crippen LogP contribution in [0.3, 0.4) is 0 Å². The second-order valence-corrected chi connectivity index (χ2v) is 4.17. The second kappa shape index (κ2) is 6.28. The molecular weight excluding hydrogens is 289 g/mol. The van der Waals surface area contributed by atoms with E-state index in [9.17, 15) is 8.78 Å². The number of aryl methyl sites for hydroxylation is 1. The molecule has 0 saturated carbocycles. The Kier molecular flexibility index (Phi) is 5.32. The zero-order valence-electron chi connectivity index (χ0n) is 7.85. The lowest BCUT2D eigenvalue weighted by Crippen LogP contribution is -2.02. The highest BCUT2D eigenvalue weighted by atomic mass is 79.9. The minimum atomic E-state index is -2.80. The molecule has 1 aromatic rings. The molecule has 0 saturated heterocycles. The first-order valence-electron chi connectivity index (χ1n) is 4.42. The Morgan fingerprint density at radius 2 is 2.13 bits per heavy atom. The third kappa shape index (κ3) is 4.34. The highest BCUT2D eigenvalue weighted by Crippen LogP contribution is 2.27. The lowest BCUT2D eigenvalue weighted by atomic mass is 10.1. The molecular formula is C10H10BrClF2O. The van der Waals surface area contributed by atoms with Crippen molar-refractivity contribution in [2.24, 2.45) is 0 Å². The van der Waals surface area contributed by atoms with E-state index in [1.54, 1.807) is 12.1 Å². The Balaban J connectivity index is 2.70. The third-order valence-electron chi connectivity index (χ3n) is 1.81. The predicted octanol–water partition coefficient (Wildman–Crippen LogP) is 4.22. The number of hydrogen-bond acceptors (Lipinski definition) is 1. The monoisotopic (exact) mass is 298 g/mol. The molecule has 0 bridgehead atoms. The van der Waals surface area contributed by atoms with E-state index in [4.69, 9.17) is 11.6 Å². The lowest BCUT2D eigenvalue weighted by Gasteiger charge is -2.08. The van der Waals surface area contributed by atoms with Gasteiger partial charge in [-0.1, -0.05) is 6.07 Å². The first kappa shape index (κ1) is 12.7. The molecule has 0 N–H and O–H groups in total. The van der Waals surface area contributed by atoms with Crippen molar-refractivity contribution in [1.82, 2.24) is 0 Å². The van der Waals surface area contributed by atoms with E-state index in [1.807, 2.05) is 0 Å². The number of rotatable bonds is 5. The van der Waals surface area contributed by atoms with Gasteiger partial charge >= 0.3 is 6.61 Å². The van der Waals surface area contributed by atoms with E-state index in [0.717, 1.165) is 18.4 Å². The first-order valence-corrected chi connectivity index (χ1v) is 5.75. The van der Waals surface area contributed by atoms with Crippen LogP contribution in [0.25, 0.3) is 0 Å². The molecule has 0 radical (unpaired) electrons. The SMILES string of the molecule is FC(F)Oc1ccc(CCCCl)cc1Br. The van der Waals surface area contributed by atoms with Crippen LogP contribution in [-0.4, -0.2) is 12.5 Å². The molecule has 0 atom stereocenters. The highest BCUT2D eigenvalue weighted by Gasteiger charge is 2.08. The van der Waals surface area contributed by atoms with E-state index in [0.29, 0.717) is 10.4 Å². The molecule has 1 aromatic carbocycles. The van der Waals surface area contributed by atoms with Crippen LogP contribution in [0, 0.1) is 0 Å². The van der Waals surface area contributed by atoms with Crippen LogP contribution < -0.4 is 4.74 Å². The molecule has 0 aliphatic carbocycles. The number of halogens is 4. The summed E-state index contributed by atoms with van der Waals surface area (Å²) in [6.45, 7) is -2.80. The summed E-state index contributed by atoms with van der Waals surface area (Å²) in [5.41, 5.74) is 1.05. The molecule has 0 fully saturated rings. The largest absolute Gasteiger partial charge is 0.434 e. The van der Waals surface area contributed by atoms with Gasteiger partial charge in [0, 0.05) is 5.88 Å². The molecule has 0 spiro atoms. The Morgan fingerprint density at radius 3 is 2.67 bits per heavy atom. The number of benzene rings is 1. The summed E-state index contributed by atoms with van der Waals surface area (Å²) in [7, 11) is 0. The molecule has 0 amide bonds. The Labute approximate surface area is 101 Å². The summed E-state index contributed by atoms with van der Waals surface area (Å²) in [4.78, 5) is 0. The molecule has 0 heterocycles. The van der Waals surface area contributed by atoms with Crippen molar-refractivity contribution in [3.05, 3.63) is 28.2 Å². The van der Waals surface area contributed by atoms with Crippen molar-refractivity contribution in [2.45, 2.75) is 19.5 Å². The maximum Gasteiger partial charge on any atom is 0.387 e. The maximum absolute atomic E-state index is 11.9. The molecule has 0 unspecified atom stereocenters. The topological polar surface area (TPSA) is 9.23 Å². The van der Waals surface area contributed by atoms with Crippen LogP contribution in [0.2, 0.25) is 0 Å². The Bertz CT molecular complexity index is 320.